The van der Waals surface area contributed by atoms with Gasteiger partial charge < -0.3 is 14.6 Å². The Bertz CT molecular complexity index is 1290. The normalized spacial score (nSPS) is 21.1. The van der Waals surface area contributed by atoms with E-state index in [4.69, 9.17) is 4.74 Å². The van der Waals surface area contributed by atoms with E-state index in [9.17, 15) is 4.39 Å². The number of para-hydroxylation sites is 1. The molecule has 180 valence electrons. The van der Waals surface area contributed by atoms with Gasteiger partial charge in [-0.25, -0.2) is 4.39 Å². The highest BCUT2D eigenvalue weighted by Crippen LogP contribution is 2.46. The van der Waals surface area contributed by atoms with Gasteiger partial charge in [0.05, 0.1) is 12.1 Å². The quantitative estimate of drug-likeness (QED) is 0.409. The molecule has 1 aromatic heterocycles. The number of halogens is 1. The Morgan fingerprint density at radius 3 is 2.63 bits per heavy atom. The Morgan fingerprint density at radius 2 is 1.77 bits per heavy atom. The molecule has 0 bridgehead atoms. The first kappa shape index (κ1) is 22.5. The van der Waals surface area contributed by atoms with E-state index in [-0.39, 0.29) is 17.3 Å². The van der Waals surface area contributed by atoms with Crippen molar-refractivity contribution in [2.75, 3.05) is 19.7 Å². The molecule has 6 rings (SSSR count). The van der Waals surface area contributed by atoms with Gasteiger partial charge in [0.15, 0.2) is 0 Å². The number of hydrogen-bond acceptors (Lipinski definition) is 2. The lowest BCUT2D eigenvalue weighted by molar-refractivity contribution is 0.00797. The van der Waals surface area contributed by atoms with Crippen molar-refractivity contribution in [2.24, 2.45) is 5.41 Å². The number of ether oxygens (including phenoxy) is 1. The zero-order valence-electron chi connectivity index (χ0n) is 20.2. The maximum Gasteiger partial charge on any atom is 0.123 e. The Labute approximate surface area is 207 Å². The molecule has 35 heavy (non-hydrogen) atoms. The number of rotatable bonds is 6. The van der Waals surface area contributed by atoms with Crippen LogP contribution in [0.15, 0.2) is 90.2 Å². The van der Waals surface area contributed by atoms with Crippen LogP contribution < -0.4 is 5.32 Å². The fraction of sp³-hybridized carbons (Fsp3) is 0.355. The van der Waals surface area contributed by atoms with Gasteiger partial charge >= 0.3 is 0 Å². The second kappa shape index (κ2) is 9.60. The highest BCUT2D eigenvalue weighted by Gasteiger charge is 2.41. The van der Waals surface area contributed by atoms with Crippen LogP contribution in [0.5, 0.6) is 0 Å². The van der Waals surface area contributed by atoms with Crippen LogP contribution >= 0.6 is 0 Å². The molecule has 2 aliphatic heterocycles. The summed E-state index contributed by atoms with van der Waals surface area (Å²) in [6, 6.07) is 15.3. The van der Waals surface area contributed by atoms with Crippen molar-refractivity contribution >= 4 is 10.9 Å². The first-order chi connectivity index (χ1) is 17.2. The third kappa shape index (κ3) is 4.30. The Balaban J connectivity index is 1.21. The lowest BCUT2D eigenvalue weighted by Gasteiger charge is -2.46. The minimum Gasteiger partial charge on any atom is -0.368 e. The van der Waals surface area contributed by atoms with E-state index in [0.29, 0.717) is 0 Å². The molecule has 3 nitrogen and oxygen atoms in total. The van der Waals surface area contributed by atoms with Gasteiger partial charge in [-0.3, -0.25) is 0 Å². The van der Waals surface area contributed by atoms with Gasteiger partial charge in [-0.05, 0) is 93.1 Å². The molecule has 0 amide bonds. The summed E-state index contributed by atoms with van der Waals surface area (Å²) in [5, 5.41) is 4.83. The van der Waals surface area contributed by atoms with Crippen molar-refractivity contribution in [2.45, 2.75) is 44.6 Å². The van der Waals surface area contributed by atoms with E-state index in [1.807, 2.05) is 12.1 Å². The van der Waals surface area contributed by atoms with E-state index in [1.54, 1.807) is 5.57 Å². The summed E-state index contributed by atoms with van der Waals surface area (Å²) < 4.78 is 22.0. The van der Waals surface area contributed by atoms with Crippen LogP contribution in [0.3, 0.4) is 0 Å². The predicted octanol–water partition coefficient (Wildman–Crippen LogP) is 6.67. The molecule has 0 saturated carbocycles. The SMILES string of the molecule is Fc1ccc(-n2cc(CCCCC3=C4C=CC=CC4OCC34CCNCC4)c3ccccc32)cc1. The third-order valence-electron chi connectivity index (χ3n) is 8.09. The van der Waals surface area contributed by atoms with Crippen LogP contribution in [0, 0.1) is 11.2 Å². The molecule has 1 saturated heterocycles. The number of hydrogen-bond donors (Lipinski definition) is 1. The van der Waals surface area contributed by atoms with Crippen LogP contribution in [0.25, 0.3) is 16.6 Å². The number of allylic oxidation sites excluding steroid dienone is 2. The molecule has 2 aromatic carbocycles. The van der Waals surface area contributed by atoms with Gasteiger partial charge in [0.25, 0.3) is 0 Å². The molecular formula is C31H33FN2O. The van der Waals surface area contributed by atoms with Crippen molar-refractivity contribution in [1.82, 2.24) is 9.88 Å². The summed E-state index contributed by atoms with van der Waals surface area (Å²) in [6.45, 7) is 3.00. The molecule has 1 aliphatic carbocycles. The smallest absolute Gasteiger partial charge is 0.123 e. The highest BCUT2D eigenvalue weighted by molar-refractivity contribution is 5.85. The summed E-state index contributed by atoms with van der Waals surface area (Å²) in [6.07, 6.45) is 18.0. The van der Waals surface area contributed by atoms with E-state index >= 15 is 0 Å². The molecule has 4 heteroatoms. The number of nitrogens with one attached hydrogen (secondary N) is 1. The van der Waals surface area contributed by atoms with E-state index in [2.05, 4.69) is 64.7 Å². The Kier molecular flexibility index (Phi) is 6.17. The van der Waals surface area contributed by atoms with E-state index in [0.717, 1.165) is 44.6 Å². The largest absolute Gasteiger partial charge is 0.368 e. The first-order valence-corrected chi connectivity index (χ1v) is 13.0. The first-order valence-electron chi connectivity index (χ1n) is 13.0. The highest BCUT2D eigenvalue weighted by atomic mass is 19.1. The van der Waals surface area contributed by atoms with Gasteiger partial charge in [0.1, 0.15) is 11.9 Å². The van der Waals surface area contributed by atoms with Crippen LogP contribution in [-0.4, -0.2) is 30.4 Å². The van der Waals surface area contributed by atoms with Crippen molar-refractivity contribution in [3.63, 3.8) is 0 Å². The van der Waals surface area contributed by atoms with E-state index in [1.165, 1.54) is 53.4 Å². The molecule has 0 radical (unpaired) electrons. The van der Waals surface area contributed by atoms with Crippen LogP contribution in [0.2, 0.25) is 0 Å². The number of aryl methyl sites for hydroxylation is 1. The van der Waals surface area contributed by atoms with Crippen LogP contribution in [0.4, 0.5) is 4.39 Å². The standard InChI is InChI=1S/C31H33FN2O/c32-24-13-15-25(16-14-24)34-21-23(26-8-2-5-11-29(26)34)7-1-4-10-28-27-9-3-6-12-30(27)35-22-31(28)17-19-33-20-18-31/h2-3,5-6,8-9,11-16,21,30,33H,1,4,7,10,17-20,22H2. The van der Waals surface area contributed by atoms with Crippen molar-refractivity contribution < 1.29 is 9.13 Å². The van der Waals surface area contributed by atoms with Crippen molar-refractivity contribution in [3.8, 4) is 5.69 Å². The average Bonchev–Trinajstić information content (AvgIpc) is 3.27. The zero-order chi connectivity index (χ0) is 23.7. The van der Waals surface area contributed by atoms with E-state index < -0.39 is 0 Å². The molecule has 3 heterocycles. The summed E-state index contributed by atoms with van der Waals surface area (Å²) in [5.74, 6) is -0.203. The topological polar surface area (TPSA) is 26.2 Å². The minimum absolute atomic E-state index is 0.129. The second-order valence-corrected chi connectivity index (χ2v) is 10.2. The molecule has 1 N–H and O–H groups in total. The summed E-state index contributed by atoms with van der Waals surface area (Å²) in [7, 11) is 0. The van der Waals surface area contributed by atoms with Gasteiger partial charge in [-0.15, -0.1) is 0 Å². The fourth-order valence-corrected chi connectivity index (χ4v) is 6.23. The number of aromatic nitrogens is 1. The second-order valence-electron chi connectivity index (χ2n) is 10.2. The maximum absolute atomic E-state index is 13.5. The monoisotopic (exact) mass is 468 g/mol. The summed E-state index contributed by atoms with van der Waals surface area (Å²) in [5.41, 5.74) is 6.80. The molecule has 3 aromatic rings. The zero-order valence-corrected chi connectivity index (χ0v) is 20.2. The molecule has 1 spiro atoms. The fourth-order valence-electron chi connectivity index (χ4n) is 6.23. The molecule has 1 atom stereocenters. The molecule has 1 fully saturated rings. The summed E-state index contributed by atoms with van der Waals surface area (Å²) >= 11 is 0. The number of unbranched alkanes of at least 4 members (excludes halogenated alkanes) is 1. The molecular weight excluding hydrogens is 435 g/mol. The van der Waals surface area contributed by atoms with Crippen molar-refractivity contribution in [3.05, 3.63) is 102 Å². The van der Waals surface area contributed by atoms with Gasteiger partial charge in [-0.2, -0.15) is 0 Å². The van der Waals surface area contributed by atoms with Gasteiger partial charge in [-0.1, -0.05) is 48.1 Å². The average molecular weight is 469 g/mol. The van der Waals surface area contributed by atoms with Crippen LogP contribution in [-0.2, 0) is 11.2 Å². The third-order valence-corrected chi connectivity index (χ3v) is 8.09. The van der Waals surface area contributed by atoms with Crippen LogP contribution in [0.1, 0.15) is 37.7 Å². The molecule has 1 unspecified atom stereocenters. The number of nitrogens with zero attached hydrogens (tertiary/aromatic N) is 1. The maximum atomic E-state index is 13.5. The summed E-state index contributed by atoms with van der Waals surface area (Å²) in [4.78, 5) is 0. The minimum atomic E-state index is -0.203. The lowest BCUT2D eigenvalue weighted by Crippen LogP contribution is -2.45. The van der Waals surface area contributed by atoms with Gasteiger partial charge in [0, 0.05) is 22.7 Å². The Morgan fingerprint density at radius 1 is 0.971 bits per heavy atom. The lowest BCUT2D eigenvalue weighted by atomic mass is 9.67. The number of benzene rings is 2. The predicted molar refractivity (Wildman–Crippen MR) is 140 cm³/mol. The van der Waals surface area contributed by atoms with Crippen molar-refractivity contribution in [1.29, 1.82) is 0 Å². The van der Waals surface area contributed by atoms with Gasteiger partial charge in [0.2, 0.25) is 0 Å². The number of piperidine rings is 1. The number of fused-ring (bicyclic) bond motifs is 2. The Hall–Kier alpha value is -2.95. The molecule has 3 aliphatic rings.